The summed E-state index contributed by atoms with van der Waals surface area (Å²) in [6.45, 7) is 2.96. The molecule has 0 N–H and O–H groups in total. The average Bonchev–Trinajstić information content (AvgIpc) is 2.78. The minimum atomic E-state index is 0.890. The standard InChI is InChI=1S/C9H16N4.2HI.Pd/c1-10-3-5-12(7-10)9-13-6-4-11(2)8-13;;;/h3-6H,7-9H2,1-2H3;2*1H;/q;;;+2/p-2. The second kappa shape index (κ2) is 8.00. The normalized spacial score (nSPS) is 18.5. The summed E-state index contributed by atoms with van der Waals surface area (Å²) in [5, 5.41) is 0. The minimum absolute atomic E-state index is 0.890. The van der Waals surface area contributed by atoms with Crippen LogP contribution < -0.4 is 0 Å². The number of rotatable bonds is 2. The van der Waals surface area contributed by atoms with E-state index in [1.165, 1.54) is 0 Å². The second-order valence-electron chi connectivity index (χ2n) is 3.76. The first-order valence-electron chi connectivity index (χ1n) is 4.73. The van der Waals surface area contributed by atoms with Crippen LogP contribution in [0.5, 0.6) is 0 Å². The van der Waals surface area contributed by atoms with Crippen LogP contribution in [0.2, 0.25) is 0 Å². The van der Waals surface area contributed by atoms with Crippen LogP contribution in [0.3, 0.4) is 0 Å². The van der Waals surface area contributed by atoms with Crippen molar-refractivity contribution in [2.45, 2.75) is 0 Å². The first-order valence-corrected chi connectivity index (χ1v) is 14.0. The van der Waals surface area contributed by atoms with Crippen LogP contribution >= 0.6 is 39.0 Å². The summed E-state index contributed by atoms with van der Waals surface area (Å²) in [4.78, 5) is 8.90. The fraction of sp³-hybridized carbons (Fsp3) is 0.556. The van der Waals surface area contributed by atoms with Gasteiger partial charge < -0.3 is 19.6 Å². The third-order valence-corrected chi connectivity index (χ3v) is 2.24. The van der Waals surface area contributed by atoms with Crippen molar-refractivity contribution in [3.63, 3.8) is 0 Å². The molecule has 0 aliphatic carbocycles. The van der Waals surface area contributed by atoms with E-state index in [4.69, 9.17) is 0 Å². The molecule has 0 atom stereocenters. The Bertz CT molecular complexity index is 238. The van der Waals surface area contributed by atoms with E-state index < -0.39 is 0 Å². The third-order valence-electron chi connectivity index (χ3n) is 2.24. The molecule has 2 rings (SSSR count). The van der Waals surface area contributed by atoms with Crippen molar-refractivity contribution in [1.29, 1.82) is 0 Å². The predicted octanol–water partition coefficient (Wildman–Crippen LogP) is 2.07. The Kier molecular flexibility index (Phi) is 7.43. The molecule has 4 nitrogen and oxygen atoms in total. The molecule has 96 valence electrons. The number of hydrogen-bond acceptors (Lipinski definition) is 4. The summed E-state index contributed by atoms with van der Waals surface area (Å²) in [6.07, 6.45) is 8.46. The molecule has 0 fully saturated rings. The third kappa shape index (κ3) is 5.42. The predicted molar refractivity (Wildman–Crippen MR) is 80.1 cm³/mol. The first-order chi connectivity index (χ1) is 7.65. The molecule has 0 aromatic rings. The Hall–Kier alpha value is 0.802. The SMILES string of the molecule is CN1C=CN(CN2C=CN(C)C2)C1.[I][Pd][I]. The fourth-order valence-corrected chi connectivity index (χ4v) is 1.59. The van der Waals surface area contributed by atoms with Crippen molar-refractivity contribution < 1.29 is 10.8 Å². The van der Waals surface area contributed by atoms with Crippen LogP contribution in [-0.2, 0) is 10.8 Å². The van der Waals surface area contributed by atoms with E-state index in [9.17, 15) is 0 Å². The average molecular weight is 540 g/mol. The molecule has 0 radical (unpaired) electrons. The van der Waals surface area contributed by atoms with Gasteiger partial charge in [0.1, 0.15) is 0 Å². The topological polar surface area (TPSA) is 13.0 Å². The molecule has 0 saturated heterocycles. The molecule has 0 bridgehead atoms. The Balaban J connectivity index is 0.000000386. The number of halogens is 2. The number of nitrogens with zero attached hydrogens (tertiary/aromatic N) is 4. The van der Waals surface area contributed by atoms with Gasteiger partial charge in [-0.25, -0.2) is 0 Å². The van der Waals surface area contributed by atoms with Crippen molar-refractivity contribution in [1.82, 2.24) is 19.6 Å². The molecule has 2 aliphatic heterocycles. The molecule has 0 unspecified atom stereocenters. The summed E-state index contributed by atoms with van der Waals surface area (Å²) in [7, 11) is 5.06. The summed E-state index contributed by atoms with van der Waals surface area (Å²) in [6, 6.07) is 0. The molecule has 2 heterocycles. The van der Waals surface area contributed by atoms with Crippen LogP contribution in [0.4, 0.5) is 0 Å². The zero-order chi connectivity index (χ0) is 12.0. The van der Waals surface area contributed by atoms with Gasteiger partial charge in [0.05, 0.1) is 20.0 Å². The van der Waals surface area contributed by atoms with Crippen LogP contribution in [-0.4, -0.2) is 53.7 Å². The molecule has 2 aliphatic rings. The zero-order valence-electron chi connectivity index (χ0n) is 9.29. The van der Waals surface area contributed by atoms with E-state index in [0.717, 1.165) is 30.8 Å². The molecule has 0 spiro atoms. The van der Waals surface area contributed by atoms with Gasteiger partial charge in [-0.1, -0.05) is 0 Å². The Morgan fingerprint density at radius 3 is 1.56 bits per heavy atom. The van der Waals surface area contributed by atoms with Crippen molar-refractivity contribution in [2.75, 3.05) is 34.1 Å². The van der Waals surface area contributed by atoms with Gasteiger partial charge in [0.2, 0.25) is 0 Å². The second-order valence-corrected chi connectivity index (χ2v) is 15.7. The van der Waals surface area contributed by atoms with Gasteiger partial charge in [-0.3, -0.25) is 0 Å². The molecule has 0 saturated carbocycles. The van der Waals surface area contributed by atoms with Crippen LogP contribution in [0, 0.1) is 0 Å². The summed E-state index contributed by atoms with van der Waals surface area (Å²) in [5.74, 6) is 0. The maximum absolute atomic E-state index is 2.33. The maximum atomic E-state index is 2.33. The molecule has 0 aromatic carbocycles. The molecule has 0 aromatic heterocycles. The Morgan fingerprint density at radius 2 is 1.31 bits per heavy atom. The molecular formula is C9H16I2N4Pd. The number of hydrogen-bond donors (Lipinski definition) is 0. The molecule has 0 amide bonds. The fourth-order valence-electron chi connectivity index (χ4n) is 1.59. The first kappa shape index (κ1) is 14.9. The quantitative estimate of drug-likeness (QED) is 0.393. The Morgan fingerprint density at radius 1 is 0.938 bits per heavy atom. The van der Waals surface area contributed by atoms with E-state index in [1.54, 1.807) is 0 Å². The Labute approximate surface area is 127 Å². The summed E-state index contributed by atoms with van der Waals surface area (Å²) >= 11 is 4.65. The van der Waals surface area contributed by atoms with Gasteiger partial charge >= 0.3 is 49.8 Å². The van der Waals surface area contributed by atoms with E-state index in [1.807, 2.05) is 0 Å². The van der Waals surface area contributed by atoms with Crippen molar-refractivity contribution in [3.8, 4) is 0 Å². The van der Waals surface area contributed by atoms with Gasteiger partial charge in [0.25, 0.3) is 0 Å². The van der Waals surface area contributed by atoms with Crippen molar-refractivity contribution >= 4 is 39.0 Å². The zero-order valence-corrected chi connectivity index (χ0v) is 15.2. The summed E-state index contributed by atoms with van der Waals surface area (Å²) < 4.78 is 0. The van der Waals surface area contributed by atoms with E-state index >= 15 is 0 Å². The van der Waals surface area contributed by atoms with Crippen LogP contribution in [0.1, 0.15) is 0 Å². The van der Waals surface area contributed by atoms with Crippen molar-refractivity contribution in [3.05, 3.63) is 24.8 Å². The van der Waals surface area contributed by atoms with E-state index in [2.05, 4.69) is 97.5 Å². The van der Waals surface area contributed by atoms with Gasteiger partial charge in [-0.15, -0.1) is 0 Å². The monoisotopic (exact) mass is 540 g/mol. The van der Waals surface area contributed by atoms with Crippen LogP contribution in [0.25, 0.3) is 0 Å². The molecule has 16 heavy (non-hydrogen) atoms. The van der Waals surface area contributed by atoms with Gasteiger partial charge in [-0.2, -0.15) is 0 Å². The van der Waals surface area contributed by atoms with Crippen molar-refractivity contribution in [2.24, 2.45) is 0 Å². The van der Waals surface area contributed by atoms with E-state index in [-0.39, 0.29) is 0 Å². The van der Waals surface area contributed by atoms with Gasteiger partial charge in [0, 0.05) is 38.9 Å². The van der Waals surface area contributed by atoms with Gasteiger partial charge in [-0.05, 0) is 0 Å². The summed E-state index contributed by atoms with van der Waals surface area (Å²) in [5.41, 5.74) is 0. The van der Waals surface area contributed by atoms with E-state index in [0.29, 0.717) is 0 Å². The molecule has 7 heteroatoms. The van der Waals surface area contributed by atoms with Crippen LogP contribution in [0.15, 0.2) is 24.8 Å². The molecular weight excluding hydrogens is 524 g/mol. The van der Waals surface area contributed by atoms with Gasteiger partial charge in [0.15, 0.2) is 0 Å².